The maximum absolute atomic E-state index is 12.8. The molecule has 0 aliphatic heterocycles. The van der Waals surface area contributed by atoms with Crippen LogP contribution < -0.4 is 0 Å². The predicted octanol–water partition coefficient (Wildman–Crippen LogP) is 3.26. The molecule has 0 radical (unpaired) electrons. The molecule has 0 amide bonds. The molecule has 0 fully saturated rings. The Morgan fingerprint density at radius 1 is 1.05 bits per heavy atom. The molecule has 0 aromatic heterocycles. The van der Waals surface area contributed by atoms with E-state index in [1.165, 1.54) is 0 Å². The van der Waals surface area contributed by atoms with Crippen molar-refractivity contribution in [2.24, 2.45) is 0 Å². The highest BCUT2D eigenvalue weighted by Crippen LogP contribution is 2.49. The van der Waals surface area contributed by atoms with E-state index in [-0.39, 0.29) is 5.78 Å². The molecule has 0 spiro atoms. The molecule has 2 nitrogen and oxygen atoms in total. The SMILES string of the molecule is CCC1(c2ccccc2)C(=O)c2ccccc2C1O. The van der Waals surface area contributed by atoms with E-state index in [1.54, 1.807) is 6.07 Å². The maximum atomic E-state index is 12.8. The molecule has 1 N–H and O–H groups in total. The van der Waals surface area contributed by atoms with Crippen LogP contribution in [0, 0.1) is 0 Å². The maximum Gasteiger partial charge on any atom is 0.176 e. The average Bonchev–Trinajstić information content (AvgIpc) is 2.70. The van der Waals surface area contributed by atoms with Crippen LogP contribution >= 0.6 is 0 Å². The van der Waals surface area contributed by atoms with Gasteiger partial charge in [0.2, 0.25) is 0 Å². The minimum absolute atomic E-state index is 0.0318. The van der Waals surface area contributed by atoms with E-state index in [0.717, 1.165) is 11.1 Å². The highest BCUT2D eigenvalue weighted by atomic mass is 16.3. The molecule has 2 aromatic carbocycles. The van der Waals surface area contributed by atoms with Crippen LogP contribution in [0.1, 0.15) is 40.9 Å². The van der Waals surface area contributed by atoms with Gasteiger partial charge in [-0.05, 0) is 17.5 Å². The molecule has 0 heterocycles. The van der Waals surface area contributed by atoms with Crippen LogP contribution in [0.2, 0.25) is 0 Å². The second kappa shape index (κ2) is 4.32. The smallest absolute Gasteiger partial charge is 0.176 e. The molecule has 2 heteroatoms. The number of aliphatic hydroxyl groups is 1. The first-order valence-electron chi connectivity index (χ1n) is 6.59. The highest BCUT2D eigenvalue weighted by Gasteiger charge is 2.52. The van der Waals surface area contributed by atoms with E-state index >= 15 is 0 Å². The van der Waals surface area contributed by atoms with Crippen molar-refractivity contribution in [3.63, 3.8) is 0 Å². The minimum Gasteiger partial charge on any atom is -0.387 e. The Hall–Kier alpha value is -1.93. The molecular weight excluding hydrogens is 236 g/mol. The van der Waals surface area contributed by atoms with Crippen LogP contribution in [0.4, 0.5) is 0 Å². The lowest BCUT2D eigenvalue weighted by atomic mass is 9.73. The van der Waals surface area contributed by atoms with Crippen molar-refractivity contribution in [2.45, 2.75) is 24.9 Å². The molecule has 1 aliphatic carbocycles. The van der Waals surface area contributed by atoms with Crippen LogP contribution in [0.3, 0.4) is 0 Å². The van der Waals surface area contributed by atoms with Gasteiger partial charge >= 0.3 is 0 Å². The van der Waals surface area contributed by atoms with E-state index in [0.29, 0.717) is 12.0 Å². The van der Waals surface area contributed by atoms with Crippen LogP contribution in [0.15, 0.2) is 54.6 Å². The third-order valence-corrected chi connectivity index (χ3v) is 4.22. The molecule has 2 atom stereocenters. The topological polar surface area (TPSA) is 37.3 Å². The lowest BCUT2D eigenvalue weighted by molar-refractivity contribution is 0.0623. The van der Waals surface area contributed by atoms with Gasteiger partial charge in [-0.25, -0.2) is 0 Å². The molecule has 0 saturated heterocycles. The predicted molar refractivity (Wildman–Crippen MR) is 74.1 cm³/mol. The van der Waals surface area contributed by atoms with Crippen molar-refractivity contribution in [1.29, 1.82) is 0 Å². The van der Waals surface area contributed by atoms with Gasteiger partial charge in [0.25, 0.3) is 0 Å². The van der Waals surface area contributed by atoms with E-state index in [2.05, 4.69) is 0 Å². The number of carbonyl (C=O) groups excluding carboxylic acids is 1. The van der Waals surface area contributed by atoms with E-state index in [1.807, 2.05) is 55.5 Å². The number of benzene rings is 2. The van der Waals surface area contributed by atoms with E-state index < -0.39 is 11.5 Å². The summed E-state index contributed by atoms with van der Waals surface area (Å²) in [7, 11) is 0. The van der Waals surface area contributed by atoms with Crippen molar-refractivity contribution in [2.75, 3.05) is 0 Å². The normalized spacial score (nSPS) is 25.4. The van der Waals surface area contributed by atoms with Crippen molar-refractivity contribution in [3.05, 3.63) is 71.3 Å². The summed E-state index contributed by atoms with van der Waals surface area (Å²) in [6.07, 6.45) is -0.172. The molecule has 96 valence electrons. The highest BCUT2D eigenvalue weighted by molar-refractivity contribution is 6.09. The number of fused-ring (bicyclic) bond motifs is 1. The zero-order valence-electron chi connectivity index (χ0n) is 10.8. The van der Waals surface area contributed by atoms with Gasteiger partial charge in [0, 0.05) is 5.56 Å². The molecule has 19 heavy (non-hydrogen) atoms. The lowest BCUT2D eigenvalue weighted by Gasteiger charge is -2.30. The Bertz CT molecular complexity index is 618. The molecule has 0 bridgehead atoms. The van der Waals surface area contributed by atoms with Crippen molar-refractivity contribution in [3.8, 4) is 0 Å². The summed E-state index contributed by atoms with van der Waals surface area (Å²) in [4.78, 5) is 12.8. The molecule has 0 saturated carbocycles. The Morgan fingerprint density at radius 2 is 1.68 bits per heavy atom. The zero-order chi connectivity index (χ0) is 13.5. The first-order valence-corrected chi connectivity index (χ1v) is 6.59. The molecule has 1 aliphatic rings. The lowest BCUT2D eigenvalue weighted by Crippen LogP contribution is -2.35. The third-order valence-electron chi connectivity index (χ3n) is 4.22. The van der Waals surface area contributed by atoms with Gasteiger partial charge in [0.1, 0.15) is 0 Å². The van der Waals surface area contributed by atoms with Gasteiger partial charge in [-0.15, -0.1) is 0 Å². The molecule has 2 unspecified atom stereocenters. The molecule has 2 aromatic rings. The quantitative estimate of drug-likeness (QED) is 0.890. The van der Waals surface area contributed by atoms with Gasteiger partial charge in [0.15, 0.2) is 5.78 Å². The summed E-state index contributed by atoms with van der Waals surface area (Å²) in [5.74, 6) is 0.0318. The van der Waals surface area contributed by atoms with Gasteiger partial charge in [-0.2, -0.15) is 0 Å². The van der Waals surface area contributed by atoms with Gasteiger partial charge in [-0.1, -0.05) is 61.5 Å². The van der Waals surface area contributed by atoms with Gasteiger partial charge in [-0.3, -0.25) is 4.79 Å². The van der Waals surface area contributed by atoms with Crippen LogP contribution in [0.5, 0.6) is 0 Å². The summed E-state index contributed by atoms with van der Waals surface area (Å²) in [5.41, 5.74) is 1.47. The van der Waals surface area contributed by atoms with Crippen LogP contribution in [-0.2, 0) is 5.41 Å². The summed E-state index contributed by atoms with van der Waals surface area (Å²) in [5, 5.41) is 10.7. The van der Waals surface area contributed by atoms with Crippen LogP contribution in [0.25, 0.3) is 0 Å². The molecular formula is C17H16O2. The fourth-order valence-corrected chi connectivity index (χ4v) is 3.15. The number of Topliss-reactive ketones (excluding diaryl/α,β-unsaturated/α-hetero) is 1. The van der Waals surface area contributed by atoms with Crippen molar-refractivity contribution >= 4 is 5.78 Å². The summed E-state index contributed by atoms with van der Waals surface area (Å²) in [6, 6.07) is 17.0. The standard InChI is InChI=1S/C17H16O2/c1-2-17(12-8-4-3-5-9-12)15(18)13-10-6-7-11-14(13)16(17)19/h3-11,15,18H,2H2,1H3. The number of hydrogen-bond donors (Lipinski definition) is 1. The van der Waals surface area contributed by atoms with Crippen molar-refractivity contribution < 1.29 is 9.90 Å². The minimum atomic E-state index is -0.828. The van der Waals surface area contributed by atoms with Crippen molar-refractivity contribution in [1.82, 2.24) is 0 Å². The fraction of sp³-hybridized carbons (Fsp3) is 0.235. The van der Waals surface area contributed by atoms with Gasteiger partial charge < -0.3 is 5.11 Å². The number of ketones is 1. The van der Waals surface area contributed by atoms with E-state index in [4.69, 9.17) is 0 Å². The summed E-state index contributed by atoms with van der Waals surface area (Å²) in [6.45, 7) is 1.96. The average molecular weight is 252 g/mol. The number of carbonyl (C=O) groups is 1. The molecule has 3 rings (SSSR count). The van der Waals surface area contributed by atoms with Gasteiger partial charge in [0.05, 0.1) is 11.5 Å². The second-order valence-corrected chi connectivity index (χ2v) is 5.01. The van der Waals surface area contributed by atoms with Crippen LogP contribution in [-0.4, -0.2) is 10.9 Å². The largest absolute Gasteiger partial charge is 0.387 e. The van der Waals surface area contributed by atoms with E-state index in [9.17, 15) is 9.90 Å². The number of aliphatic hydroxyl groups excluding tert-OH is 1. The summed E-state index contributed by atoms with van der Waals surface area (Å²) >= 11 is 0. The Kier molecular flexibility index (Phi) is 2.76. The Morgan fingerprint density at radius 3 is 2.32 bits per heavy atom. The Balaban J connectivity index is 2.23. The summed E-state index contributed by atoms with van der Waals surface area (Å²) < 4.78 is 0. The third kappa shape index (κ3) is 1.50. The number of hydrogen-bond acceptors (Lipinski definition) is 2. The Labute approximate surface area is 112 Å². The first-order chi connectivity index (χ1) is 9.21. The number of rotatable bonds is 2. The first kappa shape index (κ1) is 12.1. The zero-order valence-corrected chi connectivity index (χ0v) is 10.8. The monoisotopic (exact) mass is 252 g/mol. The fourth-order valence-electron chi connectivity index (χ4n) is 3.15. The second-order valence-electron chi connectivity index (χ2n) is 5.01.